The van der Waals surface area contributed by atoms with Crippen molar-refractivity contribution in [3.05, 3.63) is 101 Å². The monoisotopic (exact) mass is 453 g/mol. The van der Waals surface area contributed by atoms with E-state index < -0.39 is 0 Å². The van der Waals surface area contributed by atoms with Gasteiger partial charge in [0.15, 0.2) is 0 Å². The molecule has 0 aliphatic heterocycles. The van der Waals surface area contributed by atoms with E-state index in [1.165, 1.54) is 16.7 Å². The van der Waals surface area contributed by atoms with Crippen molar-refractivity contribution in [2.45, 2.75) is 13.8 Å². The minimum atomic E-state index is 0.846. The maximum atomic E-state index is 6.27. The van der Waals surface area contributed by atoms with Gasteiger partial charge in [-0.05, 0) is 66.4 Å². The molecule has 0 unspecified atom stereocenters. The van der Waals surface area contributed by atoms with Crippen LogP contribution in [0.3, 0.4) is 0 Å². The summed E-state index contributed by atoms with van der Waals surface area (Å²) in [6.45, 7) is 4.24. The highest BCUT2D eigenvalue weighted by molar-refractivity contribution is 9.10. The van der Waals surface area contributed by atoms with E-state index in [0.717, 1.165) is 43.6 Å². The van der Waals surface area contributed by atoms with E-state index in [1.54, 1.807) is 0 Å². The normalized spacial score (nSPS) is 11.2. The number of fused-ring (bicyclic) bond motifs is 1. The molecule has 2 nitrogen and oxygen atoms in total. The number of aryl methyl sites for hydroxylation is 2. The summed E-state index contributed by atoms with van der Waals surface area (Å²) < 4.78 is 7.30. The number of halogens is 1. The van der Waals surface area contributed by atoms with Crippen LogP contribution in [0.2, 0.25) is 0 Å². The maximum absolute atomic E-state index is 6.27. The summed E-state index contributed by atoms with van der Waals surface area (Å²) in [6, 6.07) is 27.2. The fraction of sp³-hybridized carbons (Fsp3) is 0.0741. The van der Waals surface area contributed by atoms with Gasteiger partial charge in [-0.1, -0.05) is 64.5 Å². The first-order valence-electron chi connectivity index (χ1n) is 9.92. The van der Waals surface area contributed by atoms with Crippen LogP contribution in [-0.2, 0) is 0 Å². The number of furan rings is 1. The van der Waals surface area contributed by atoms with Crippen LogP contribution in [0.25, 0.3) is 44.7 Å². The SMILES string of the molecule is Cc1cccc(C)c1-c1cc2c(-c3cc(Br)cc(-c4ccccc4)c3)nccc2o1. The van der Waals surface area contributed by atoms with Crippen LogP contribution in [0.1, 0.15) is 11.1 Å². The largest absolute Gasteiger partial charge is 0.456 e. The van der Waals surface area contributed by atoms with Crippen LogP contribution in [0, 0.1) is 13.8 Å². The van der Waals surface area contributed by atoms with E-state index >= 15 is 0 Å². The number of pyridine rings is 1. The molecule has 2 heterocycles. The Hall–Kier alpha value is -3.17. The minimum absolute atomic E-state index is 0.846. The van der Waals surface area contributed by atoms with Crippen molar-refractivity contribution in [3.8, 4) is 33.7 Å². The lowest BCUT2D eigenvalue weighted by Crippen LogP contribution is -1.86. The number of hydrogen-bond donors (Lipinski definition) is 0. The molecule has 2 aromatic heterocycles. The first kappa shape index (κ1) is 18.8. The van der Waals surface area contributed by atoms with Crippen molar-refractivity contribution in [3.63, 3.8) is 0 Å². The predicted molar refractivity (Wildman–Crippen MR) is 127 cm³/mol. The molecule has 0 bridgehead atoms. The Balaban J connectivity index is 1.69. The zero-order valence-corrected chi connectivity index (χ0v) is 18.4. The quantitative estimate of drug-likeness (QED) is 0.275. The first-order chi connectivity index (χ1) is 14.6. The first-order valence-corrected chi connectivity index (χ1v) is 10.7. The molecule has 3 aromatic carbocycles. The zero-order chi connectivity index (χ0) is 20.7. The van der Waals surface area contributed by atoms with E-state index in [0.29, 0.717) is 0 Å². The smallest absolute Gasteiger partial charge is 0.138 e. The van der Waals surface area contributed by atoms with Gasteiger partial charge in [-0.2, -0.15) is 0 Å². The highest BCUT2D eigenvalue weighted by atomic mass is 79.9. The third kappa shape index (κ3) is 3.35. The van der Waals surface area contributed by atoms with Crippen LogP contribution >= 0.6 is 15.9 Å². The van der Waals surface area contributed by atoms with Gasteiger partial charge in [0.1, 0.15) is 11.3 Å². The summed E-state index contributed by atoms with van der Waals surface area (Å²) >= 11 is 3.68. The van der Waals surface area contributed by atoms with Crippen molar-refractivity contribution >= 4 is 26.9 Å². The van der Waals surface area contributed by atoms with Crippen molar-refractivity contribution in [1.29, 1.82) is 0 Å². The summed E-state index contributed by atoms with van der Waals surface area (Å²) in [5, 5.41) is 1.02. The van der Waals surface area contributed by atoms with Crippen molar-refractivity contribution in [2.24, 2.45) is 0 Å². The highest BCUT2D eigenvalue weighted by Crippen LogP contribution is 2.37. The van der Waals surface area contributed by atoms with Gasteiger partial charge in [-0.15, -0.1) is 0 Å². The van der Waals surface area contributed by atoms with Crippen molar-refractivity contribution in [1.82, 2.24) is 4.98 Å². The molecular weight excluding hydrogens is 434 g/mol. The second-order valence-electron chi connectivity index (χ2n) is 7.54. The molecule has 30 heavy (non-hydrogen) atoms. The molecule has 0 amide bonds. The number of hydrogen-bond acceptors (Lipinski definition) is 2. The highest BCUT2D eigenvalue weighted by Gasteiger charge is 2.15. The summed E-state index contributed by atoms with van der Waals surface area (Å²) in [6.07, 6.45) is 1.82. The summed E-state index contributed by atoms with van der Waals surface area (Å²) in [7, 11) is 0. The van der Waals surface area contributed by atoms with Gasteiger partial charge in [-0.25, -0.2) is 0 Å². The Morgan fingerprint density at radius 1 is 0.733 bits per heavy atom. The van der Waals surface area contributed by atoms with Gasteiger partial charge in [0.2, 0.25) is 0 Å². The third-order valence-electron chi connectivity index (χ3n) is 5.45. The molecule has 0 radical (unpaired) electrons. The van der Waals surface area contributed by atoms with Gasteiger partial charge < -0.3 is 4.42 Å². The lowest BCUT2D eigenvalue weighted by molar-refractivity contribution is 0.630. The minimum Gasteiger partial charge on any atom is -0.456 e. The molecule has 0 aliphatic rings. The van der Waals surface area contributed by atoms with E-state index in [9.17, 15) is 0 Å². The average molecular weight is 454 g/mol. The number of benzene rings is 3. The lowest BCUT2D eigenvalue weighted by Gasteiger charge is -2.08. The fourth-order valence-corrected chi connectivity index (χ4v) is 4.54. The molecule has 0 N–H and O–H groups in total. The molecule has 5 rings (SSSR count). The van der Waals surface area contributed by atoms with E-state index in [4.69, 9.17) is 9.40 Å². The van der Waals surface area contributed by atoms with E-state index in [1.807, 2.05) is 18.3 Å². The fourth-order valence-electron chi connectivity index (χ4n) is 4.04. The van der Waals surface area contributed by atoms with Crippen molar-refractivity contribution in [2.75, 3.05) is 0 Å². The molecular formula is C27H20BrNO. The Morgan fingerprint density at radius 2 is 1.47 bits per heavy atom. The molecule has 0 saturated heterocycles. The van der Waals surface area contributed by atoms with E-state index in [-0.39, 0.29) is 0 Å². The third-order valence-corrected chi connectivity index (χ3v) is 5.91. The maximum Gasteiger partial charge on any atom is 0.138 e. The summed E-state index contributed by atoms with van der Waals surface area (Å²) in [5.74, 6) is 0.883. The molecule has 0 saturated carbocycles. The summed E-state index contributed by atoms with van der Waals surface area (Å²) in [4.78, 5) is 4.72. The van der Waals surface area contributed by atoms with Gasteiger partial charge in [0.05, 0.1) is 5.69 Å². The molecule has 5 aromatic rings. The Labute approximate surface area is 184 Å². The molecule has 0 spiro atoms. The zero-order valence-electron chi connectivity index (χ0n) is 16.8. The standard InChI is InChI=1S/C27H20BrNO/c1-17-7-6-8-18(2)26(17)25-16-23-24(30-25)11-12-29-27(23)21-13-20(14-22(28)15-21)19-9-4-3-5-10-19/h3-16H,1-2H3. The summed E-state index contributed by atoms with van der Waals surface area (Å²) in [5.41, 5.74) is 8.72. The molecule has 146 valence electrons. The Morgan fingerprint density at radius 3 is 2.23 bits per heavy atom. The molecule has 3 heteroatoms. The van der Waals surface area contributed by atoms with Gasteiger partial charge in [-0.3, -0.25) is 4.98 Å². The molecule has 0 atom stereocenters. The second-order valence-corrected chi connectivity index (χ2v) is 8.46. The van der Waals surface area contributed by atoms with Crippen LogP contribution in [0.4, 0.5) is 0 Å². The Bertz CT molecular complexity index is 1350. The van der Waals surface area contributed by atoms with Crippen LogP contribution in [-0.4, -0.2) is 4.98 Å². The number of rotatable bonds is 3. The topological polar surface area (TPSA) is 26.0 Å². The number of nitrogens with zero attached hydrogens (tertiary/aromatic N) is 1. The van der Waals surface area contributed by atoms with Crippen LogP contribution < -0.4 is 0 Å². The predicted octanol–water partition coefficient (Wildman–Crippen LogP) is 8.21. The lowest BCUT2D eigenvalue weighted by atomic mass is 9.99. The molecule has 0 fully saturated rings. The second kappa shape index (κ2) is 7.58. The van der Waals surface area contributed by atoms with Gasteiger partial charge in [0.25, 0.3) is 0 Å². The van der Waals surface area contributed by atoms with Crippen molar-refractivity contribution < 1.29 is 4.42 Å². The van der Waals surface area contributed by atoms with Crippen LogP contribution in [0.5, 0.6) is 0 Å². The van der Waals surface area contributed by atoms with Crippen LogP contribution in [0.15, 0.2) is 93.9 Å². The molecule has 0 aliphatic carbocycles. The van der Waals surface area contributed by atoms with Gasteiger partial charge in [0, 0.05) is 27.2 Å². The van der Waals surface area contributed by atoms with Gasteiger partial charge >= 0.3 is 0 Å². The number of aromatic nitrogens is 1. The Kier molecular flexibility index (Phi) is 4.76. The average Bonchev–Trinajstić information content (AvgIpc) is 3.17. The van der Waals surface area contributed by atoms with E-state index in [2.05, 4.69) is 96.5 Å².